The lowest BCUT2D eigenvalue weighted by atomic mass is 9.77. The molecule has 2 aromatic carbocycles. The third-order valence-electron chi connectivity index (χ3n) is 3.97. The summed E-state index contributed by atoms with van der Waals surface area (Å²) in [6.45, 7) is 8.72. The molecule has 0 aromatic heterocycles. The van der Waals surface area contributed by atoms with Gasteiger partial charge in [0.1, 0.15) is 5.75 Å². The van der Waals surface area contributed by atoms with Crippen LogP contribution in [0, 0.1) is 0 Å². The molecule has 0 atom stereocenters. The number of phenolic OH excluding ortho intramolecular Hbond substituents is 1. The molecule has 20 heavy (non-hydrogen) atoms. The fraction of sp³-hybridized carbons (Fsp3) is 0.333. The van der Waals surface area contributed by atoms with E-state index >= 15 is 0 Å². The fourth-order valence-corrected chi connectivity index (χ4v) is 2.53. The summed E-state index contributed by atoms with van der Waals surface area (Å²) in [7, 11) is 0. The molecule has 0 amide bonds. The lowest BCUT2D eigenvalue weighted by Gasteiger charge is -2.27. The van der Waals surface area contributed by atoms with E-state index in [1.807, 2.05) is 12.1 Å². The van der Waals surface area contributed by atoms with Crippen LogP contribution in [0.1, 0.15) is 50.3 Å². The van der Waals surface area contributed by atoms with Crippen molar-refractivity contribution in [2.24, 2.45) is 0 Å². The maximum absolute atomic E-state index is 9.55. The Balaban J connectivity index is 2.40. The molecule has 106 valence electrons. The van der Waals surface area contributed by atoms with Crippen molar-refractivity contribution >= 4 is 11.6 Å². The SMILES string of the molecule is CC(C)c1ccc(C(C)(C)c2ccc(O)c(Cl)c2)cc1. The van der Waals surface area contributed by atoms with Crippen LogP contribution in [0.4, 0.5) is 0 Å². The molecule has 0 heterocycles. The van der Waals surface area contributed by atoms with Gasteiger partial charge in [-0.3, -0.25) is 0 Å². The highest BCUT2D eigenvalue weighted by Crippen LogP contribution is 2.35. The fourth-order valence-electron chi connectivity index (χ4n) is 2.35. The van der Waals surface area contributed by atoms with Gasteiger partial charge < -0.3 is 5.11 Å². The Morgan fingerprint density at radius 2 is 1.50 bits per heavy atom. The van der Waals surface area contributed by atoms with Crippen LogP contribution in [0.3, 0.4) is 0 Å². The second kappa shape index (κ2) is 5.49. The highest BCUT2D eigenvalue weighted by atomic mass is 35.5. The zero-order valence-electron chi connectivity index (χ0n) is 12.4. The number of halogens is 1. The Morgan fingerprint density at radius 1 is 0.950 bits per heavy atom. The van der Waals surface area contributed by atoms with Gasteiger partial charge in [-0.1, -0.05) is 69.6 Å². The zero-order chi connectivity index (χ0) is 14.9. The lowest BCUT2D eigenvalue weighted by molar-refractivity contribution is 0.474. The van der Waals surface area contributed by atoms with Gasteiger partial charge in [0.2, 0.25) is 0 Å². The highest BCUT2D eigenvalue weighted by Gasteiger charge is 2.23. The number of hydrogen-bond acceptors (Lipinski definition) is 1. The van der Waals surface area contributed by atoms with Gasteiger partial charge in [-0.15, -0.1) is 0 Å². The molecule has 0 aliphatic heterocycles. The predicted molar refractivity (Wildman–Crippen MR) is 85.8 cm³/mol. The second-order valence-electron chi connectivity index (χ2n) is 6.07. The van der Waals surface area contributed by atoms with E-state index in [1.165, 1.54) is 11.1 Å². The van der Waals surface area contributed by atoms with Gasteiger partial charge in [0, 0.05) is 5.41 Å². The van der Waals surface area contributed by atoms with Gasteiger partial charge in [0.05, 0.1) is 5.02 Å². The number of rotatable bonds is 3. The van der Waals surface area contributed by atoms with E-state index in [-0.39, 0.29) is 11.2 Å². The molecular formula is C18H21ClO. The lowest BCUT2D eigenvalue weighted by Crippen LogP contribution is -2.18. The first-order valence-corrected chi connectivity index (χ1v) is 7.29. The normalized spacial score (nSPS) is 11.9. The van der Waals surface area contributed by atoms with Crippen LogP contribution in [0.2, 0.25) is 5.02 Å². The quantitative estimate of drug-likeness (QED) is 0.791. The molecule has 2 aromatic rings. The van der Waals surface area contributed by atoms with Crippen molar-refractivity contribution < 1.29 is 5.11 Å². The van der Waals surface area contributed by atoms with Crippen LogP contribution in [0.25, 0.3) is 0 Å². The summed E-state index contributed by atoms with van der Waals surface area (Å²) in [5.74, 6) is 0.664. The van der Waals surface area contributed by atoms with Crippen molar-refractivity contribution in [1.29, 1.82) is 0 Å². The molecule has 0 radical (unpaired) electrons. The number of aromatic hydroxyl groups is 1. The van der Waals surface area contributed by atoms with E-state index in [1.54, 1.807) is 6.07 Å². The minimum Gasteiger partial charge on any atom is -0.506 e. The van der Waals surface area contributed by atoms with Gasteiger partial charge >= 0.3 is 0 Å². The van der Waals surface area contributed by atoms with E-state index in [4.69, 9.17) is 11.6 Å². The van der Waals surface area contributed by atoms with Crippen molar-refractivity contribution in [3.05, 3.63) is 64.2 Å². The Morgan fingerprint density at radius 3 is 2.00 bits per heavy atom. The summed E-state index contributed by atoms with van der Waals surface area (Å²) in [4.78, 5) is 0. The monoisotopic (exact) mass is 288 g/mol. The summed E-state index contributed by atoms with van der Waals surface area (Å²) < 4.78 is 0. The summed E-state index contributed by atoms with van der Waals surface area (Å²) in [6, 6.07) is 14.1. The molecule has 0 aliphatic rings. The van der Waals surface area contributed by atoms with Crippen LogP contribution in [-0.2, 0) is 5.41 Å². The van der Waals surface area contributed by atoms with Crippen LogP contribution in [0.15, 0.2) is 42.5 Å². The average Bonchev–Trinajstić information content (AvgIpc) is 2.41. The van der Waals surface area contributed by atoms with Crippen molar-refractivity contribution in [3.63, 3.8) is 0 Å². The van der Waals surface area contributed by atoms with Crippen molar-refractivity contribution in [1.82, 2.24) is 0 Å². The van der Waals surface area contributed by atoms with E-state index in [2.05, 4.69) is 52.0 Å². The third kappa shape index (κ3) is 2.83. The summed E-state index contributed by atoms with van der Waals surface area (Å²) in [5.41, 5.74) is 3.53. The van der Waals surface area contributed by atoms with Crippen LogP contribution in [-0.4, -0.2) is 5.11 Å². The van der Waals surface area contributed by atoms with Gasteiger partial charge in [0.15, 0.2) is 0 Å². The van der Waals surface area contributed by atoms with E-state index in [0.717, 1.165) is 5.56 Å². The number of phenols is 1. The first-order chi connectivity index (χ1) is 9.32. The summed E-state index contributed by atoms with van der Waals surface area (Å²) in [6.07, 6.45) is 0. The van der Waals surface area contributed by atoms with Crippen LogP contribution >= 0.6 is 11.6 Å². The smallest absolute Gasteiger partial charge is 0.134 e. The van der Waals surface area contributed by atoms with Crippen molar-refractivity contribution in [2.75, 3.05) is 0 Å². The van der Waals surface area contributed by atoms with Crippen LogP contribution < -0.4 is 0 Å². The first-order valence-electron chi connectivity index (χ1n) is 6.92. The van der Waals surface area contributed by atoms with Crippen molar-refractivity contribution in [3.8, 4) is 5.75 Å². The molecule has 0 unspecified atom stereocenters. The van der Waals surface area contributed by atoms with Gasteiger partial charge in [-0.25, -0.2) is 0 Å². The molecule has 2 rings (SSSR count). The average molecular weight is 289 g/mol. The third-order valence-corrected chi connectivity index (χ3v) is 4.27. The first kappa shape index (κ1) is 14.9. The topological polar surface area (TPSA) is 20.2 Å². The summed E-state index contributed by atoms with van der Waals surface area (Å²) >= 11 is 6.02. The molecule has 0 bridgehead atoms. The molecule has 2 heteroatoms. The molecule has 1 N–H and O–H groups in total. The standard InChI is InChI=1S/C18H21ClO/c1-12(2)13-5-7-14(8-6-13)18(3,4)15-9-10-17(20)16(19)11-15/h5-12,20H,1-4H3. The zero-order valence-corrected chi connectivity index (χ0v) is 13.2. The van der Waals surface area contributed by atoms with Crippen LogP contribution in [0.5, 0.6) is 5.75 Å². The van der Waals surface area contributed by atoms with E-state index in [0.29, 0.717) is 10.9 Å². The molecule has 0 aliphatic carbocycles. The van der Waals surface area contributed by atoms with E-state index in [9.17, 15) is 5.11 Å². The highest BCUT2D eigenvalue weighted by molar-refractivity contribution is 6.32. The Bertz CT molecular complexity index is 597. The summed E-state index contributed by atoms with van der Waals surface area (Å²) in [5, 5.41) is 9.94. The Labute approximate surface area is 126 Å². The largest absolute Gasteiger partial charge is 0.506 e. The number of benzene rings is 2. The Kier molecular flexibility index (Phi) is 4.10. The molecule has 0 spiro atoms. The van der Waals surface area contributed by atoms with E-state index < -0.39 is 0 Å². The minimum atomic E-state index is -0.146. The van der Waals surface area contributed by atoms with Gasteiger partial charge in [-0.2, -0.15) is 0 Å². The molecule has 0 saturated heterocycles. The molecule has 1 nitrogen and oxygen atoms in total. The number of hydrogen-bond donors (Lipinski definition) is 1. The predicted octanol–water partition coefficient (Wildman–Crippen LogP) is 5.49. The molecular weight excluding hydrogens is 268 g/mol. The Hall–Kier alpha value is -1.47. The van der Waals surface area contributed by atoms with Crippen molar-refractivity contribution in [2.45, 2.75) is 39.0 Å². The maximum Gasteiger partial charge on any atom is 0.134 e. The minimum absolute atomic E-state index is 0.126. The van der Waals surface area contributed by atoms with Gasteiger partial charge in [0.25, 0.3) is 0 Å². The molecule has 0 fully saturated rings. The molecule has 0 saturated carbocycles. The second-order valence-corrected chi connectivity index (χ2v) is 6.48. The maximum atomic E-state index is 9.55. The van der Waals surface area contributed by atoms with Gasteiger partial charge in [-0.05, 0) is 34.7 Å².